The predicted molar refractivity (Wildman–Crippen MR) is 79.0 cm³/mol. The van der Waals surface area contributed by atoms with Crippen molar-refractivity contribution in [1.82, 2.24) is 5.32 Å². The largest absolute Gasteiger partial charge is 0.312 e. The van der Waals surface area contributed by atoms with E-state index >= 15 is 0 Å². The Morgan fingerprint density at radius 2 is 1.84 bits per heavy atom. The second-order valence-electron chi connectivity index (χ2n) is 3.97. The van der Waals surface area contributed by atoms with Crippen molar-refractivity contribution in [2.45, 2.75) is 17.7 Å². The minimum Gasteiger partial charge on any atom is -0.312 e. The van der Waals surface area contributed by atoms with Crippen LogP contribution in [0.4, 0.5) is 5.69 Å². The van der Waals surface area contributed by atoms with Crippen LogP contribution < -0.4 is 10.0 Å². The number of benzene rings is 1. The lowest BCUT2D eigenvalue weighted by Gasteiger charge is -2.05. The van der Waals surface area contributed by atoms with Gasteiger partial charge >= 0.3 is 0 Å². The van der Waals surface area contributed by atoms with Gasteiger partial charge in [0.1, 0.15) is 4.21 Å². The van der Waals surface area contributed by atoms with Gasteiger partial charge in [0.2, 0.25) is 0 Å². The fourth-order valence-corrected chi connectivity index (χ4v) is 3.94. The van der Waals surface area contributed by atoms with Crippen molar-refractivity contribution in [2.24, 2.45) is 0 Å². The summed E-state index contributed by atoms with van der Waals surface area (Å²) in [4.78, 5) is 1.01. The van der Waals surface area contributed by atoms with E-state index in [1.807, 2.05) is 19.1 Å². The normalized spacial score (nSPS) is 11.4. The molecule has 2 aromatic rings. The molecule has 0 saturated carbocycles. The summed E-state index contributed by atoms with van der Waals surface area (Å²) in [7, 11) is -3.48. The Kier molecular flexibility index (Phi) is 4.57. The highest BCUT2D eigenvalue weighted by Crippen LogP contribution is 2.23. The number of nitrogens with one attached hydrogen (secondary N) is 2. The van der Waals surface area contributed by atoms with Gasteiger partial charge < -0.3 is 5.32 Å². The molecule has 0 aliphatic rings. The molecule has 0 radical (unpaired) electrons. The molecule has 1 heterocycles. The highest BCUT2D eigenvalue weighted by Gasteiger charge is 2.16. The Bertz CT molecular complexity index is 621. The van der Waals surface area contributed by atoms with Gasteiger partial charge in [-0.3, -0.25) is 4.72 Å². The molecule has 102 valence electrons. The molecular weight excluding hydrogens is 280 g/mol. The molecule has 0 aliphatic heterocycles. The second kappa shape index (κ2) is 6.18. The number of hydrogen-bond donors (Lipinski definition) is 2. The van der Waals surface area contributed by atoms with Gasteiger partial charge in [0.15, 0.2) is 0 Å². The average molecular weight is 296 g/mol. The van der Waals surface area contributed by atoms with Crippen LogP contribution in [0.5, 0.6) is 0 Å². The van der Waals surface area contributed by atoms with Crippen LogP contribution >= 0.6 is 11.3 Å². The Balaban J connectivity index is 2.13. The van der Waals surface area contributed by atoms with E-state index in [4.69, 9.17) is 0 Å². The number of sulfonamides is 1. The van der Waals surface area contributed by atoms with E-state index in [1.165, 1.54) is 11.3 Å². The van der Waals surface area contributed by atoms with Crippen LogP contribution in [0.1, 0.15) is 11.8 Å². The van der Waals surface area contributed by atoms with Crippen LogP contribution in [-0.2, 0) is 16.6 Å². The maximum Gasteiger partial charge on any atom is 0.271 e. The van der Waals surface area contributed by atoms with E-state index in [-0.39, 0.29) is 0 Å². The molecule has 0 atom stereocenters. The van der Waals surface area contributed by atoms with Crippen LogP contribution in [-0.4, -0.2) is 15.0 Å². The van der Waals surface area contributed by atoms with Crippen molar-refractivity contribution in [3.8, 4) is 0 Å². The molecule has 2 rings (SSSR count). The van der Waals surface area contributed by atoms with Gasteiger partial charge in [-0.1, -0.05) is 25.1 Å². The summed E-state index contributed by atoms with van der Waals surface area (Å²) in [6.45, 7) is 3.58. The molecular formula is C13H16N2O2S2. The van der Waals surface area contributed by atoms with Crippen molar-refractivity contribution in [1.29, 1.82) is 0 Å². The SMILES string of the molecule is CCNCc1ccc(S(=O)(=O)Nc2ccccc2)s1. The number of rotatable bonds is 6. The number of thiophene rings is 1. The van der Waals surface area contributed by atoms with Gasteiger partial charge in [-0.15, -0.1) is 11.3 Å². The third kappa shape index (κ3) is 3.79. The first-order valence-electron chi connectivity index (χ1n) is 5.99. The van der Waals surface area contributed by atoms with E-state index < -0.39 is 10.0 Å². The summed E-state index contributed by atoms with van der Waals surface area (Å²) in [5.41, 5.74) is 0.573. The Morgan fingerprint density at radius 3 is 2.53 bits per heavy atom. The molecule has 6 heteroatoms. The van der Waals surface area contributed by atoms with E-state index in [0.717, 1.165) is 11.4 Å². The van der Waals surface area contributed by atoms with E-state index in [9.17, 15) is 8.42 Å². The summed E-state index contributed by atoms with van der Waals surface area (Å²) in [6, 6.07) is 12.4. The van der Waals surface area contributed by atoms with Gasteiger partial charge in [0.05, 0.1) is 0 Å². The molecule has 19 heavy (non-hydrogen) atoms. The summed E-state index contributed by atoms with van der Waals surface area (Å²) < 4.78 is 27.2. The molecule has 0 fully saturated rings. The zero-order valence-electron chi connectivity index (χ0n) is 10.6. The topological polar surface area (TPSA) is 58.2 Å². The molecule has 1 aromatic heterocycles. The molecule has 4 nitrogen and oxygen atoms in total. The van der Waals surface area contributed by atoms with E-state index in [0.29, 0.717) is 16.4 Å². The van der Waals surface area contributed by atoms with Gasteiger partial charge in [-0.25, -0.2) is 8.42 Å². The van der Waals surface area contributed by atoms with E-state index in [1.54, 1.807) is 30.3 Å². The maximum absolute atomic E-state index is 12.2. The fraction of sp³-hybridized carbons (Fsp3) is 0.231. The first-order chi connectivity index (χ1) is 9.12. The third-order valence-corrected chi connectivity index (χ3v) is 5.44. The fourth-order valence-electron chi connectivity index (χ4n) is 1.56. The van der Waals surface area contributed by atoms with Crippen LogP contribution in [0.3, 0.4) is 0 Å². The van der Waals surface area contributed by atoms with Crippen molar-refractivity contribution < 1.29 is 8.42 Å². The van der Waals surface area contributed by atoms with Crippen molar-refractivity contribution in [3.63, 3.8) is 0 Å². The zero-order valence-corrected chi connectivity index (χ0v) is 12.2. The lowest BCUT2D eigenvalue weighted by molar-refractivity contribution is 0.603. The van der Waals surface area contributed by atoms with Crippen molar-refractivity contribution in [3.05, 3.63) is 47.3 Å². The van der Waals surface area contributed by atoms with Crippen LogP contribution in [0.15, 0.2) is 46.7 Å². The van der Waals surface area contributed by atoms with Crippen LogP contribution in [0.25, 0.3) is 0 Å². The summed E-state index contributed by atoms with van der Waals surface area (Å²) >= 11 is 1.29. The Morgan fingerprint density at radius 1 is 1.11 bits per heavy atom. The summed E-state index contributed by atoms with van der Waals surface area (Å²) in [5.74, 6) is 0. The van der Waals surface area contributed by atoms with Gasteiger partial charge in [-0.05, 0) is 30.8 Å². The molecule has 0 spiro atoms. The first-order valence-corrected chi connectivity index (χ1v) is 8.29. The highest BCUT2D eigenvalue weighted by molar-refractivity contribution is 7.94. The molecule has 0 bridgehead atoms. The molecule has 0 aliphatic carbocycles. The molecule has 0 unspecified atom stereocenters. The molecule has 0 saturated heterocycles. The number of para-hydroxylation sites is 1. The highest BCUT2D eigenvalue weighted by atomic mass is 32.2. The predicted octanol–water partition coefficient (Wildman–Crippen LogP) is 2.66. The van der Waals surface area contributed by atoms with Crippen molar-refractivity contribution >= 4 is 27.0 Å². The number of hydrogen-bond acceptors (Lipinski definition) is 4. The summed E-state index contributed by atoms with van der Waals surface area (Å²) in [5, 5.41) is 3.17. The average Bonchev–Trinajstić information content (AvgIpc) is 2.86. The van der Waals surface area contributed by atoms with Crippen LogP contribution in [0, 0.1) is 0 Å². The Labute approximate surface area is 117 Å². The quantitative estimate of drug-likeness (QED) is 0.861. The minimum absolute atomic E-state index is 0.337. The summed E-state index contributed by atoms with van der Waals surface area (Å²) in [6.07, 6.45) is 0. The monoisotopic (exact) mass is 296 g/mol. The van der Waals surface area contributed by atoms with Crippen molar-refractivity contribution in [2.75, 3.05) is 11.3 Å². The Hall–Kier alpha value is -1.37. The van der Waals surface area contributed by atoms with E-state index in [2.05, 4.69) is 10.0 Å². The third-order valence-electron chi connectivity index (χ3n) is 2.48. The molecule has 1 aromatic carbocycles. The van der Waals surface area contributed by atoms with Gasteiger partial charge in [-0.2, -0.15) is 0 Å². The lowest BCUT2D eigenvalue weighted by Crippen LogP contribution is -2.11. The minimum atomic E-state index is -3.48. The number of anilines is 1. The smallest absolute Gasteiger partial charge is 0.271 e. The standard InChI is InChI=1S/C13H16N2O2S2/c1-2-14-10-12-8-9-13(18-12)19(16,17)15-11-6-4-3-5-7-11/h3-9,14-15H,2,10H2,1H3. The molecule has 0 amide bonds. The second-order valence-corrected chi connectivity index (χ2v) is 7.05. The maximum atomic E-state index is 12.2. The molecule has 2 N–H and O–H groups in total. The van der Waals surface area contributed by atoms with Gasteiger partial charge in [0.25, 0.3) is 10.0 Å². The van der Waals surface area contributed by atoms with Crippen LogP contribution in [0.2, 0.25) is 0 Å². The van der Waals surface area contributed by atoms with Gasteiger partial charge in [0, 0.05) is 17.1 Å². The zero-order chi connectivity index (χ0) is 13.7. The lowest BCUT2D eigenvalue weighted by atomic mass is 10.3. The first kappa shape index (κ1) is 14.0.